The first-order valence-electron chi connectivity index (χ1n) is 7.40. The van der Waals surface area contributed by atoms with Crippen LogP contribution in [-0.2, 0) is 14.3 Å². The van der Waals surface area contributed by atoms with Crippen molar-refractivity contribution in [2.24, 2.45) is 0 Å². The smallest absolute Gasteiger partial charge is 0.225 e. The fourth-order valence-corrected chi connectivity index (χ4v) is 2.67. The zero-order valence-corrected chi connectivity index (χ0v) is 12.1. The predicted molar refractivity (Wildman–Crippen MR) is 73.0 cm³/mol. The molecule has 1 amide bonds. The van der Waals surface area contributed by atoms with Gasteiger partial charge in [-0.1, -0.05) is 0 Å². The Balaban J connectivity index is 1.68. The minimum Gasteiger partial charge on any atom is -0.378 e. The van der Waals surface area contributed by atoms with Crippen molar-refractivity contribution < 1.29 is 14.3 Å². The molecule has 1 N–H and O–H groups in total. The van der Waals surface area contributed by atoms with Gasteiger partial charge < -0.3 is 19.7 Å². The normalized spacial score (nSPS) is 29.5. The number of nitrogens with zero attached hydrogens (tertiary/aromatic N) is 1. The summed E-state index contributed by atoms with van der Waals surface area (Å²) < 4.78 is 11.3. The lowest BCUT2D eigenvalue weighted by molar-refractivity contribution is -0.144. The molecule has 0 aromatic carbocycles. The maximum absolute atomic E-state index is 12.2. The van der Waals surface area contributed by atoms with Gasteiger partial charge in [0.05, 0.1) is 37.9 Å². The first-order chi connectivity index (χ1) is 9.16. The summed E-state index contributed by atoms with van der Waals surface area (Å²) in [5, 5.41) is 3.31. The second kappa shape index (κ2) is 7.22. The molecule has 2 aliphatic heterocycles. The van der Waals surface area contributed by atoms with Crippen LogP contribution < -0.4 is 5.32 Å². The Hall–Kier alpha value is -0.650. The molecule has 0 aromatic rings. The van der Waals surface area contributed by atoms with Crippen molar-refractivity contribution >= 4 is 5.91 Å². The summed E-state index contributed by atoms with van der Waals surface area (Å²) in [6.07, 6.45) is 3.07. The van der Waals surface area contributed by atoms with Crippen LogP contribution in [0.15, 0.2) is 0 Å². The lowest BCUT2D eigenvalue weighted by atomic mass is 10.1. The van der Waals surface area contributed by atoms with Crippen molar-refractivity contribution in [1.82, 2.24) is 10.2 Å². The molecule has 5 heteroatoms. The number of rotatable bonds is 4. The average Bonchev–Trinajstić information content (AvgIpc) is 2.42. The molecule has 2 unspecified atom stereocenters. The lowest BCUT2D eigenvalue weighted by Crippen LogP contribution is -2.50. The average molecular weight is 270 g/mol. The summed E-state index contributed by atoms with van der Waals surface area (Å²) in [4.78, 5) is 14.1. The van der Waals surface area contributed by atoms with E-state index in [2.05, 4.69) is 5.32 Å². The predicted octanol–water partition coefficient (Wildman–Crippen LogP) is 0.781. The van der Waals surface area contributed by atoms with E-state index in [1.807, 2.05) is 18.7 Å². The van der Waals surface area contributed by atoms with Gasteiger partial charge in [-0.15, -0.1) is 0 Å². The van der Waals surface area contributed by atoms with Gasteiger partial charge in [0.2, 0.25) is 5.91 Å². The highest BCUT2D eigenvalue weighted by atomic mass is 16.5. The third-order valence-electron chi connectivity index (χ3n) is 3.88. The molecule has 110 valence electrons. The van der Waals surface area contributed by atoms with E-state index >= 15 is 0 Å². The summed E-state index contributed by atoms with van der Waals surface area (Å²) in [5.74, 6) is 0.191. The largest absolute Gasteiger partial charge is 0.378 e. The third kappa shape index (κ3) is 4.44. The SMILES string of the molecule is CC1CN(C(=O)CCOC2CCNCC2)C(C)CO1. The van der Waals surface area contributed by atoms with Crippen LogP contribution in [0.1, 0.15) is 33.1 Å². The number of carbonyl (C=O) groups is 1. The number of carbonyl (C=O) groups excluding carboxylic acids is 1. The first kappa shape index (κ1) is 14.8. The van der Waals surface area contributed by atoms with E-state index in [4.69, 9.17) is 9.47 Å². The summed E-state index contributed by atoms with van der Waals surface area (Å²) >= 11 is 0. The second-order valence-electron chi connectivity index (χ2n) is 5.61. The molecular weight excluding hydrogens is 244 g/mol. The third-order valence-corrected chi connectivity index (χ3v) is 3.88. The Labute approximate surface area is 115 Å². The lowest BCUT2D eigenvalue weighted by Gasteiger charge is -2.37. The minimum absolute atomic E-state index is 0.144. The van der Waals surface area contributed by atoms with Crippen LogP contribution in [0.2, 0.25) is 0 Å². The molecule has 5 nitrogen and oxygen atoms in total. The number of hydrogen-bond acceptors (Lipinski definition) is 4. The zero-order valence-electron chi connectivity index (χ0n) is 12.1. The highest BCUT2D eigenvalue weighted by Gasteiger charge is 2.27. The van der Waals surface area contributed by atoms with Crippen molar-refractivity contribution in [3.8, 4) is 0 Å². The molecule has 0 aromatic heterocycles. The number of ether oxygens (including phenoxy) is 2. The Morgan fingerprint density at radius 3 is 2.84 bits per heavy atom. The van der Waals surface area contributed by atoms with Crippen molar-refractivity contribution in [2.45, 2.75) is 51.4 Å². The number of nitrogens with one attached hydrogen (secondary N) is 1. The van der Waals surface area contributed by atoms with Crippen LogP contribution in [0.5, 0.6) is 0 Å². The second-order valence-corrected chi connectivity index (χ2v) is 5.61. The van der Waals surface area contributed by atoms with Gasteiger partial charge in [0, 0.05) is 6.54 Å². The van der Waals surface area contributed by atoms with Crippen molar-refractivity contribution in [3.63, 3.8) is 0 Å². The molecule has 0 spiro atoms. The highest BCUT2D eigenvalue weighted by molar-refractivity contribution is 5.76. The van der Waals surface area contributed by atoms with E-state index in [1.54, 1.807) is 0 Å². The van der Waals surface area contributed by atoms with E-state index in [0.717, 1.165) is 25.9 Å². The molecular formula is C14H26N2O3. The minimum atomic E-state index is 0.144. The Morgan fingerprint density at radius 1 is 1.37 bits per heavy atom. The topological polar surface area (TPSA) is 50.8 Å². The Kier molecular flexibility index (Phi) is 5.60. The fraction of sp³-hybridized carbons (Fsp3) is 0.929. The first-order valence-corrected chi connectivity index (χ1v) is 7.40. The molecule has 2 saturated heterocycles. The molecule has 2 atom stereocenters. The zero-order chi connectivity index (χ0) is 13.7. The molecule has 0 bridgehead atoms. The van der Waals surface area contributed by atoms with E-state index in [0.29, 0.717) is 32.3 Å². The van der Waals surface area contributed by atoms with Gasteiger partial charge in [-0.25, -0.2) is 0 Å². The highest BCUT2D eigenvalue weighted by Crippen LogP contribution is 2.13. The van der Waals surface area contributed by atoms with Gasteiger partial charge in [-0.3, -0.25) is 4.79 Å². The van der Waals surface area contributed by atoms with E-state index in [9.17, 15) is 4.79 Å². The van der Waals surface area contributed by atoms with Gasteiger partial charge in [-0.2, -0.15) is 0 Å². The Morgan fingerprint density at radius 2 is 2.11 bits per heavy atom. The van der Waals surface area contributed by atoms with Gasteiger partial charge >= 0.3 is 0 Å². The van der Waals surface area contributed by atoms with Crippen LogP contribution in [0.4, 0.5) is 0 Å². The van der Waals surface area contributed by atoms with E-state index < -0.39 is 0 Å². The molecule has 19 heavy (non-hydrogen) atoms. The molecule has 0 radical (unpaired) electrons. The summed E-state index contributed by atoms with van der Waals surface area (Å²) in [5.41, 5.74) is 0. The summed E-state index contributed by atoms with van der Waals surface area (Å²) in [6, 6.07) is 0.183. The number of morpholine rings is 1. The van der Waals surface area contributed by atoms with Crippen LogP contribution in [0.25, 0.3) is 0 Å². The van der Waals surface area contributed by atoms with E-state index in [-0.39, 0.29) is 18.1 Å². The number of hydrogen-bond donors (Lipinski definition) is 1. The Bertz CT molecular complexity index is 292. The van der Waals surface area contributed by atoms with Gasteiger partial charge in [0.25, 0.3) is 0 Å². The van der Waals surface area contributed by atoms with Crippen molar-refractivity contribution in [1.29, 1.82) is 0 Å². The van der Waals surface area contributed by atoms with Crippen LogP contribution in [0, 0.1) is 0 Å². The maximum atomic E-state index is 12.2. The van der Waals surface area contributed by atoms with Crippen LogP contribution >= 0.6 is 0 Å². The monoisotopic (exact) mass is 270 g/mol. The molecule has 2 rings (SSSR count). The van der Waals surface area contributed by atoms with Gasteiger partial charge in [0.1, 0.15) is 0 Å². The molecule has 0 aliphatic carbocycles. The maximum Gasteiger partial charge on any atom is 0.225 e. The molecule has 2 heterocycles. The van der Waals surface area contributed by atoms with Gasteiger partial charge in [0.15, 0.2) is 0 Å². The van der Waals surface area contributed by atoms with Crippen LogP contribution in [0.3, 0.4) is 0 Å². The standard InChI is InChI=1S/C14H26N2O3/c1-11-10-19-12(2)9-16(11)14(17)5-8-18-13-3-6-15-7-4-13/h11-13,15H,3-10H2,1-2H3. The van der Waals surface area contributed by atoms with Crippen molar-refractivity contribution in [3.05, 3.63) is 0 Å². The van der Waals surface area contributed by atoms with Crippen molar-refractivity contribution in [2.75, 3.05) is 32.8 Å². The summed E-state index contributed by atoms with van der Waals surface area (Å²) in [6.45, 7) is 7.99. The van der Waals surface area contributed by atoms with Gasteiger partial charge in [-0.05, 0) is 39.8 Å². The number of amides is 1. The fourth-order valence-electron chi connectivity index (χ4n) is 2.67. The quantitative estimate of drug-likeness (QED) is 0.820. The summed E-state index contributed by atoms with van der Waals surface area (Å²) in [7, 11) is 0. The molecule has 2 fully saturated rings. The number of piperidine rings is 1. The molecule has 2 aliphatic rings. The van der Waals surface area contributed by atoms with E-state index in [1.165, 1.54) is 0 Å². The molecule has 0 saturated carbocycles. The van der Waals surface area contributed by atoms with Crippen LogP contribution in [-0.4, -0.2) is 61.9 Å².